The molecular weight excluding hydrogens is 250 g/mol. The third kappa shape index (κ3) is 4.37. The Balaban J connectivity index is 2.61. The van der Waals surface area contributed by atoms with E-state index in [1.165, 1.54) is 18.0 Å². The van der Waals surface area contributed by atoms with Crippen molar-refractivity contribution >= 4 is 23.5 Å². The van der Waals surface area contributed by atoms with Gasteiger partial charge in [-0.05, 0) is 19.8 Å². The van der Waals surface area contributed by atoms with Crippen molar-refractivity contribution in [1.29, 1.82) is 0 Å². The van der Waals surface area contributed by atoms with Crippen LogP contribution in [0.5, 0.6) is 0 Å². The molecule has 0 unspecified atom stereocenters. The Kier molecular flexibility index (Phi) is 6.21. The number of rotatable bonds is 7. The van der Waals surface area contributed by atoms with Gasteiger partial charge in [-0.15, -0.1) is 6.58 Å². The number of nitrogens with two attached hydrogens (primary N) is 1. The van der Waals surface area contributed by atoms with Gasteiger partial charge < -0.3 is 10.5 Å². The van der Waals surface area contributed by atoms with Gasteiger partial charge >= 0.3 is 5.97 Å². The predicted molar refractivity (Wildman–Crippen MR) is 72.6 cm³/mol. The third-order valence-corrected chi connectivity index (χ3v) is 3.02. The minimum absolute atomic E-state index is 0.162. The highest BCUT2D eigenvalue weighted by Crippen LogP contribution is 2.18. The van der Waals surface area contributed by atoms with Crippen molar-refractivity contribution in [3.05, 3.63) is 24.4 Å². The highest BCUT2D eigenvalue weighted by atomic mass is 32.2. The van der Waals surface area contributed by atoms with Crippen molar-refractivity contribution < 1.29 is 9.53 Å². The molecule has 0 saturated heterocycles. The number of thioether (sulfide) groups is 1. The molecule has 18 heavy (non-hydrogen) atoms. The average Bonchev–Trinajstić information content (AvgIpc) is 2.35. The monoisotopic (exact) mass is 267 g/mol. The zero-order valence-corrected chi connectivity index (χ0v) is 11.2. The van der Waals surface area contributed by atoms with Gasteiger partial charge in [-0.2, -0.15) is 0 Å². The maximum absolute atomic E-state index is 11.5. The molecule has 0 amide bonds. The Labute approximate surface area is 111 Å². The van der Waals surface area contributed by atoms with Crippen LogP contribution in [0.1, 0.15) is 30.1 Å². The van der Waals surface area contributed by atoms with Gasteiger partial charge in [0.25, 0.3) is 0 Å². The van der Waals surface area contributed by atoms with Gasteiger partial charge in [0.05, 0.1) is 6.61 Å². The first-order chi connectivity index (χ1) is 8.69. The molecule has 1 aromatic heterocycles. The summed E-state index contributed by atoms with van der Waals surface area (Å²) >= 11 is 1.51. The van der Waals surface area contributed by atoms with Crippen molar-refractivity contribution in [2.24, 2.45) is 0 Å². The summed E-state index contributed by atoms with van der Waals surface area (Å²) in [7, 11) is 0. The van der Waals surface area contributed by atoms with Gasteiger partial charge in [-0.1, -0.05) is 17.8 Å². The topological polar surface area (TPSA) is 78.1 Å². The summed E-state index contributed by atoms with van der Waals surface area (Å²) in [5.74, 6) is 0.567. The van der Waals surface area contributed by atoms with E-state index >= 15 is 0 Å². The number of allylic oxidation sites excluding steroid dienone is 1. The fourth-order valence-corrected chi connectivity index (χ4v) is 1.99. The van der Waals surface area contributed by atoms with Crippen molar-refractivity contribution in [3.63, 3.8) is 0 Å². The normalized spacial score (nSPS) is 10.1. The van der Waals surface area contributed by atoms with E-state index in [1.54, 1.807) is 6.92 Å². The number of aromatic nitrogens is 2. The number of nitrogens with zero attached hydrogens (tertiary/aromatic N) is 2. The molecule has 0 aliphatic rings. The summed E-state index contributed by atoms with van der Waals surface area (Å²) in [6.45, 7) is 5.69. The Morgan fingerprint density at radius 2 is 2.44 bits per heavy atom. The molecule has 0 radical (unpaired) electrons. The first kappa shape index (κ1) is 14.5. The predicted octanol–water partition coefficient (Wildman–Crippen LogP) is 2.29. The first-order valence-corrected chi connectivity index (χ1v) is 6.71. The molecule has 0 aliphatic carbocycles. The van der Waals surface area contributed by atoms with Crippen molar-refractivity contribution in [1.82, 2.24) is 9.97 Å². The molecular formula is C12H17N3O2S. The van der Waals surface area contributed by atoms with E-state index in [1.807, 2.05) is 6.08 Å². The van der Waals surface area contributed by atoms with Crippen LogP contribution in [0.3, 0.4) is 0 Å². The minimum Gasteiger partial charge on any atom is -0.462 e. The molecule has 0 atom stereocenters. The second-order valence-corrected chi connectivity index (χ2v) is 4.51. The van der Waals surface area contributed by atoms with Crippen LogP contribution in [-0.2, 0) is 4.74 Å². The molecule has 0 fully saturated rings. The minimum atomic E-state index is -0.488. The Morgan fingerprint density at radius 3 is 3.06 bits per heavy atom. The van der Waals surface area contributed by atoms with Crippen LogP contribution in [0.2, 0.25) is 0 Å². The maximum atomic E-state index is 11.5. The van der Waals surface area contributed by atoms with Gasteiger partial charge in [0.15, 0.2) is 5.16 Å². The molecule has 2 N–H and O–H groups in total. The molecule has 0 spiro atoms. The number of esters is 1. The number of hydrogen-bond donors (Lipinski definition) is 1. The lowest BCUT2D eigenvalue weighted by Crippen LogP contribution is -2.10. The van der Waals surface area contributed by atoms with Crippen LogP contribution in [0.25, 0.3) is 0 Å². The highest BCUT2D eigenvalue weighted by Gasteiger charge is 2.13. The zero-order chi connectivity index (χ0) is 13.4. The van der Waals surface area contributed by atoms with E-state index in [2.05, 4.69) is 16.5 Å². The molecule has 0 bridgehead atoms. The van der Waals surface area contributed by atoms with E-state index in [-0.39, 0.29) is 11.4 Å². The third-order valence-electron chi connectivity index (χ3n) is 2.08. The van der Waals surface area contributed by atoms with Gasteiger partial charge in [0.2, 0.25) is 0 Å². The standard InChI is InChI=1S/C12H17N3O2S/c1-3-5-6-7-18-12-14-8-9(10(13)15-12)11(16)17-4-2/h3,8H,1,4-7H2,2H3,(H2,13,14,15). The molecule has 0 saturated carbocycles. The van der Waals surface area contributed by atoms with E-state index in [4.69, 9.17) is 10.5 Å². The Morgan fingerprint density at radius 1 is 1.67 bits per heavy atom. The van der Waals surface area contributed by atoms with Crippen molar-refractivity contribution in [3.8, 4) is 0 Å². The number of anilines is 1. The Bertz CT molecular complexity index is 424. The fraction of sp³-hybridized carbons (Fsp3) is 0.417. The maximum Gasteiger partial charge on any atom is 0.343 e. The number of hydrogen-bond acceptors (Lipinski definition) is 6. The quantitative estimate of drug-likeness (QED) is 0.268. The molecule has 1 rings (SSSR count). The van der Waals surface area contributed by atoms with Crippen LogP contribution in [0, 0.1) is 0 Å². The summed E-state index contributed by atoms with van der Waals surface area (Å²) in [6.07, 6.45) is 5.26. The molecule has 1 heterocycles. The lowest BCUT2D eigenvalue weighted by molar-refractivity contribution is 0.0526. The van der Waals surface area contributed by atoms with Crippen LogP contribution >= 0.6 is 11.8 Å². The number of carbonyl (C=O) groups excluding carboxylic acids is 1. The smallest absolute Gasteiger partial charge is 0.343 e. The largest absolute Gasteiger partial charge is 0.462 e. The highest BCUT2D eigenvalue weighted by molar-refractivity contribution is 7.99. The van der Waals surface area contributed by atoms with Crippen molar-refractivity contribution in [2.75, 3.05) is 18.1 Å². The molecule has 0 aliphatic heterocycles. The Hall–Kier alpha value is -1.56. The number of unbranched alkanes of at least 4 members (excludes halogenated alkanes) is 1. The van der Waals surface area contributed by atoms with Crippen LogP contribution in [0.15, 0.2) is 24.0 Å². The van der Waals surface area contributed by atoms with Crippen LogP contribution in [0.4, 0.5) is 5.82 Å². The number of carbonyl (C=O) groups is 1. The van der Waals surface area contributed by atoms with Gasteiger partial charge in [-0.25, -0.2) is 14.8 Å². The fourth-order valence-electron chi connectivity index (χ4n) is 1.20. The summed E-state index contributed by atoms with van der Waals surface area (Å²) < 4.78 is 4.84. The van der Waals surface area contributed by atoms with E-state index < -0.39 is 5.97 Å². The van der Waals surface area contributed by atoms with Gasteiger partial charge in [-0.3, -0.25) is 0 Å². The number of nitrogen functional groups attached to an aromatic ring is 1. The van der Waals surface area contributed by atoms with Crippen LogP contribution < -0.4 is 5.73 Å². The van der Waals surface area contributed by atoms with E-state index in [0.29, 0.717) is 11.8 Å². The number of ether oxygens (including phenoxy) is 1. The molecule has 6 heteroatoms. The molecule has 1 aromatic rings. The lowest BCUT2D eigenvalue weighted by atomic mass is 10.3. The summed E-state index contributed by atoms with van der Waals surface area (Å²) in [6, 6.07) is 0. The average molecular weight is 267 g/mol. The first-order valence-electron chi connectivity index (χ1n) is 5.72. The SMILES string of the molecule is C=CCCCSc1ncc(C(=O)OCC)c(N)n1. The molecule has 0 aromatic carbocycles. The second kappa shape index (κ2) is 7.71. The van der Waals surface area contributed by atoms with Crippen molar-refractivity contribution in [2.45, 2.75) is 24.9 Å². The summed E-state index contributed by atoms with van der Waals surface area (Å²) in [4.78, 5) is 19.6. The molecule has 98 valence electrons. The second-order valence-electron chi connectivity index (χ2n) is 3.45. The van der Waals surface area contributed by atoms with Crippen LogP contribution in [-0.4, -0.2) is 28.3 Å². The summed E-state index contributed by atoms with van der Waals surface area (Å²) in [5.41, 5.74) is 5.92. The molecule has 5 nitrogen and oxygen atoms in total. The zero-order valence-electron chi connectivity index (χ0n) is 10.4. The van der Waals surface area contributed by atoms with Gasteiger partial charge in [0, 0.05) is 11.9 Å². The van der Waals surface area contributed by atoms with E-state index in [9.17, 15) is 4.79 Å². The van der Waals surface area contributed by atoms with E-state index in [0.717, 1.165) is 18.6 Å². The lowest BCUT2D eigenvalue weighted by Gasteiger charge is -2.05. The van der Waals surface area contributed by atoms with Gasteiger partial charge in [0.1, 0.15) is 11.4 Å². The summed E-state index contributed by atoms with van der Waals surface area (Å²) in [5, 5.41) is 0.574.